The van der Waals surface area contributed by atoms with Crippen LogP contribution < -0.4 is 5.32 Å². The van der Waals surface area contributed by atoms with Gasteiger partial charge in [-0.05, 0) is 42.0 Å². The lowest BCUT2D eigenvalue weighted by Crippen LogP contribution is -2.48. The molecular weight excluding hydrogens is 412 g/mol. The molecule has 0 atom stereocenters. The number of hydrogen-bond acceptors (Lipinski definition) is 3. The van der Waals surface area contributed by atoms with E-state index in [9.17, 15) is 9.59 Å². The molecule has 1 aromatic heterocycles. The number of anilines is 1. The van der Waals surface area contributed by atoms with E-state index in [1.54, 1.807) is 0 Å². The zero-order chi connectivity index (χ0) is 22.6. The molecule has 166 valence electrons. The second-order valence-electron chi connectivity index (χ2n) is 8.36. The lowest BCUT2D eigenvalue weighted by atomic mass is 10.1. The monoisotopic (exact) mass is 438 g/mol. The molecule has 5 rings (SSSR count). The van der Waals surface area contributed by atoms with Crippen molar-refractivity contribution in [2.45, 2.75) is 6.54 Å². The van der Waals surface area contributed by atoms with E-state index < -0.39 is 0 Å². The van der Waals surface area contributed by atoms with Crippen LogP contribution in [0.2, 0.25) is 0 Å². The number of fused-ring (bicyclic) bond motifs is 1. The van der Waals surface area contributed by atoms with E-state index in [-0.39, 0.29) is 11.8 Å². The molecule has 1 saturated heterocycles. The molecule has 1 aliphatic rings. The number of hydrogen-bond donors (Lipinski definition) is 2. The highest BCUT2D eigenvalue weighted by atomic mass is 16.2. The maximum atomic E-state index is 12.9. The molecule has 0 spiro atoms. The van der Waals surface area contributed by atoms with Gasteiger partial charge in [0, 0.05) is 54.9 Å². The summed E-state index contributed by atoms with van der Waals surface area (Å²) in [5, 5.41) is 3.98. The van der Waals surface area contributed by atoms with Crippen molar-refractivity contribution in [3.05, 3.63) is 102 Å². The van der Waals surface area contributed by atoms with Crippen LogP contribution in [0.5, 0.6) is 0 Å². The van der Waals surface area contributed by atoms with Gasteiger partial charge in [0.2, 0.25) is 0 Å². The Labute approximate surface area is 192 Å². The first kappa shape index (κ1) is 21.0. The highest BCUT2D eigenvalue weighted by Crippen LogP contribution is 2.18. The number of carbonyl (C=O) groups excluding carboxylic acids is 2. The Morgan fingerprint density at radius 2 is 1.58 bits per heavy atom. The minimum atomic E-state index is -0.114. The first-order valence-electron chi connectivity index (χ1n) is 11.2. The third kappa shape index (κ3) is 4.81. The molecule has 0 aliphatic carbocycles. The van der Waals surface area contributed by atoms with Gasteiger partial charge in [0.25, 0.3) is 11.8 Å². The number of aromatic amines is 1. The summed E-state index contributed by atoms with van der Waals surface area (Å²) in [6.07, 6.45) is 0. The van der Waals surface area contributed by atoms with Gasteiger partial charge in [-0.1, -0.05) is 48.5 Å². The number of carbonyl (C=O) groups is 2. The van der Waals surface area contributed by atoms with E-state index in [2.05, 4.69) is 15.2 Å². The minimum absolute atomic E-state index is 0.0467. The van der Waals surface area contributed by atoms with Crippen LogP contribution in [0.1, 0.15) is 26.4 Å². The molecule has 0 bridgehead atoms. The van der Waals surface area contributed by atoms with Crippen molar-refractivity contribution >= 4 is 28.4 Å². The van der Waals surface area contributed by atoms with E-state index in [0.29, 0.717) is 24.3 Å². The minimum Gasteiger partial charge on any atom is -0.351 e. The smallest absolute Gasteiger partial charge is 0.270 e. The number of nitrogens with zero attached hydrogens (tertiary/aromatic N) is 2. The van der Waals surface area contributed by atoms with E-state index in [4.69, 9.17) is 0 Å². The number of piperazine rings is 1. The Bertz CT molecular complexity index is 1240. The van der Waals surface area contributed by atoms with E-state index >= 15 is 0 Å². The molecule has 2 N–H and O–H groups in total. The molecule has 6 nitrogen and oxygen atoms in total. The van der Waals surface area contributed by atoms with Crippen LogP contribution in [0.4, 0.5) is 5.69 Å². The molecule has 33 heavy (non-hydrogen) atoms. The predicted octanol–water partition coefficient (Wildman–Crippen LogP) is 4.38. The number of rotatable bonds is 5. The van der Waals surface area contributed by atoms with E-state index in [0.717, 1.165) is 41.8 Å². The topological polar surface area (TPSA) is 68.4 Å². The average Bonchev–Trinajstić information content (AvgIpc) is 3.29. The van der Waals surface area contributed by atoms with E-state index in [1.807, 2.05) is 89.8 Å². The zero-order valence-corrected chi connectivity index (χ0v) is 18.3. The Hall–Kier alpha value is -3.90. The Kier molecular flexibility index (Phi) is 5.91. The summed E-state index contributed by atoms with van der Waals surface area (Å²) in [7, 11) is 0. The molecule has 0 radical (unpaired) electrons. The molecular formula is C27H26N4O2. The normalized spacial score (nSPS) is 14.4. The number of benzene rings is 3. The van der Waals surface area contributed by atoms with Gasteiger partial charge in [-0.15, -0.1) is 0 Å². The Balaban J connectivity index is 1.18. The lowest BCUT2D eigenvalue weighted by molar-refractivity contribution is 0.0623. The van der Waals surface area contributed by atoms with Gasteiger partial charge in [0.1, 0.15) is 5.69 Å². The van der Waals surface area contributed by atoms with Gasteiger partial charge >= 0.3 is 0 Å². The fourth-order valence-electron chi connectivity index (χ4n) is 4.26. The fourth-order valence-corrected chi connectivity index (χ4v) is 4.26. The third-order valence-corrected chi connectivity index (χ3v) is 6.05. The molecule has 4 aromatic rings. The Morgan fingerprint density at radius 1 is 0.818 bits per heavy atom. The van der Waals surface area contributed by atoms with Gasteiger partial charge in [-0.3, -0.25) is 14.5 Å². The van der Waals surface area contributed by atoms with Crippen LogP contribution >= 0.6 is 0 Å². The second kappa shape index (κ2) is 9.30. The van der Waals surface area contributed by atoms with Gasteiger partial charge in [-0.2, -0.15) is 0 Å². The average molecular weight is 439 g/mol. The number of H-pyrrole nitrogens is 1. The molecule has 1 aliphatic heterocycles. The van der Waals surface area contributed by atoms with Crippen molar-refractivity contribution in [2.24, 2.45) is 0 Å². The molecule has 0 saturated carbocycles. The molecule has 6 heteroatoms. The van der Waals surface area contributed by atoms with Crippen LogP contribution in [0, 0.1) is 0 Å². The number of para-hydroxylation sites is 2. The van der Waals surface area contributed by atoms with Crippen molar-refractivity contribution in [2.75, 3.05) is 31.5 Å². The standard InChI is InChI=1S/C27H26N4O2/c32-26(28-23-10-2-1-3-11-23)22-9-6-7-20(17-22)19-30-13-15-31(16-14-30)27(33)25-18-21-8-4-5-12-24(21)29-25/h1-12,17-18,29H,13-16,19H2,(H,28,32). The van der Waals surface area contributed by atoms with Crippen LogP contribution in [0.15, 0.2) is 84.9 Å². The van der Waals surface area contributed by atoms with Crippen molar-refractivity contribution in [1.82, 2.24) is 14.8 Å². The quantitative estimate of drug-likeness (QED) is 0.486. The summed E-state index contributed by atoms with van der Waals surface area (Å²) in [6.45, 7) is 3.71. The zero-order valence-electron chi connectivity index (χ0n) is 18.3. The van der Waals surface area contributed by atoms with Crippen LogP contribution in [0.25, 0.3) is 10.9 Å². The summed E-state index contributed by atoms with van der Waals surface area (Å²) in [6, 6.07) is 27.1. The van der Waals surface area contributed by atoms with Crippen LogP contribution in [0.3, 0.4) is 0 Å². The third-order valence-electron chi connectivity index (χ3n) is 6.05. The summed E-state index contributed by atoms with van der Waals surface area (Å²) in [5.41, 5.74) is 4.14. The molecule has 3 aromatic carbocycles. The molecule has 1 fully saturated rings. The summed E-state index contributed by atoms with van der Waals surface area (Å²) >= 11 is 0. The van der Waals surface area contributed by atoms with E-state index in [1.165, 1.54) is 0 Å². The van der Waals surface area contributed by atoms with Gasteiger partial charge in [-0.25, -0.2) is 0 Å². The maximum Gasteiger partial charge on any atom is 0.270 e. The molecule has 2 amide bonds. The first-order chi connectivity index (χ1) is 16.2. The summed E-state index contributed by atoms with van der Waals surface area (Å²) in [4.78, 5) is 33.0. The lowest BCUT2D eigenvalue weighted by Gasteiger charge is -2.34. The largest absolute Gasteiger partial charge is 0.351 e. The van der Waals surface area contributed by atoms with Gasteiger partial charge in [0.05, 0.1) is 0 Å². The van der Waals surface area contributed by atoms with Crippen molar-refractivity contribution < 1.29 is 9.59 Å². The number of aromatic nitrogens is 1. The Morgan fingerprint density at radius 3 is 2.36 bits per heavy atom. The number of nitrogens with one attached hydrogen (secondary N) is 2. The van der Waals surface area contributed by atoms with Crippen molar-refractivity contribution in [3.8, 4) is 0 Å². The highest BCUT2D eigenvalue weighted by Gasteiger charge is 2.23. The van der Waals surface area contributed by atoms with Crippen LogP contribution in [-0.2, 0) is 6.54 Å². The first-order valence-corrected chi connectivity index (χ1v) is 11.2. The van der Waals surface area contributed by atoms with Crippen LogP contribution in [-0.4, -0.2) is 52.8 Å². The molecule has 0 unspecified atom stereocenters. The van der Waals surface area contributed by atoms with Crippen molar-refractivity contribution in [1.29, 1.82) is 0 Å². The maximum absolute atomic E-state index is 12.9. The summed E-state index contributed by atoms with van der Waals surface area (Å²) < 4.78 is 0. The molecule has 2 heterocycles. The SMILES string of the molecule is O=C(Nc1ccccc1)c1cccc(CN2CCN(C(=O)c3cc4ccccc4[nH]3)CC2)c1. The van der Waals surface area contributed by atoms with Gasteiger partial charge in [0.15, 0.2) is 0 Å². The fraction of sp³-hybridized carbons (Fsp3) is 0.185. The second-order valence-corrected chi connectivity index (χ2v) is 8.36. The van der Waals surface area contributed by atoms with Gasteiger partial charge < -0.3 is 15.2 Å². The highest BCUT2D eigenvalue weighted by molar-refractivity contribution is 6.04. The number of amides is 2. The summed E-state index contributed by atoms with van der Waals surface area (Å²) in [5.74, 6) is -0.0674. The predicted molar refractivity (Wildman–Crippen MR) is 130 cm³/mol. The van der Waals surface area contributed by atoms with Crippen molar-refractivity contribution in [3.63, 3.8) is 0 Å².